The van der Waals surface area contributed by atoms with Gasteiger partial charge in [-0.05, 0) is 109 Å². The molecule has 35 heavy (non-hydrogen) atoms. The molecule has 2 bridgehead atoms. The van der Waals surface area contributed by atoms with E-state index < -0.39 is 5.97 Å². The molecule has 2 atom stereocenters. The Morgan fingerprint density at radius 3 is 2.20 bits per heavy atom. The minimum Gasteiger partial charge on any atom is -0.465 e. The summed E-state index contributed by atoms with van der Waals surface area (Å²) < 4.78 is 10.9. The summed E-state index contributed by atoms with van der Waals surface area (Å²) in [6.45, 7) is 4.88. The molecule has 0 spiro atoms. The molecule has 2 aromatic carbocycles. The molecular formula is C30H34N2O3. The van der Waals surface area contributed by atoms with Gasteiger partial charge in [0, 0.05) is 11.9 Å². The minimum atomic E-state index is -0.427. The molecule has 2 unspecified atom stereocenters. The number of carbonyl (C=O) groups excluding carboxylic acids is 1. The van der Waals surface area contributed by atoms with Gasteiger partial charge in [0.25, 0.3) is 0 Å². The van der Waals surface area contributed by atoms with Gasteiger partial charge in [-0.2, -0.15) is 0 Å². The van der Waals surface area contributed by atoms with Gasteiger partial charge >= 0.3 is 5.97 Å². The Kier molecular flexibility index (Phi) is 6.50. The number of esters is 1. The van der Waals surface area contributed by atoms with Crippen LogP contribution in [0.1, 0.15) is 61.9 Å². The molecule has 2 saturated carbocycles. The first-order valence-electron chi connectivity index (χ1n) is 12.6. The van der Waals surface area contributed by atoms with Crippen molar-refractivity contribution in [2.45, 2.75) is 51.4 Å². The van der Waals surface area contributed by atoms with Crippen molar-refractivity contribution < 1.29 is 14.3 Å². The first-order valence-corrected chi connectivity index (χ1v) is 12.6. The summed E-state index contributed by atoms with van der Waals surface area (Å²) in [5.74, 6) is 4.26. The van der Waals surface area contributed by atoms with Crippen LogP contribution >= 0.6 is 0 Å². The van der Waals surface area contributed by atoms with Gasteiger partial charge in [0.1, 0.15) is 22.9 Å². The average Bonchev–Trinajstić information content (AvgIpc) is 2.84. The third kappa shape index (κ3) is 5.19. The second kappa shape index (κ2) is 9.73. The minimum absolute atomic E-state index is 0.272. The van der Waals surface area contributed by atoms with Crippen LogP contribution in [0.5, 0.6) is 11.5 Å². The number of methoxy groups -OCH3 is 1. The molecule has 5 nitrogen and oxygen atoms in total. The summed E-state index contributed by atoms with van der Waals surface area (Å²) in [6, 6.07) is 19.7. The number of hydrogen-bond acceptors (Lipinski definition) is 5. The first-order chi connectivity index (χ1) is 16.9. The summed E-state index contributed by atoms with van der Waals surface area (Å²) in [7, 11) is 1.36. The van der Waals surface area contributed by atoms with Gasteiger partial charge in [-0.3, -0.25) is 0 Å². The van der Waals surface area contributed by atoms with Gasteiger partial charge in [-0.1, -0.05) is 26.0 Å². The lowest BCUT2D eigenvalue weighted by Crippen LogP contribution is -2.38. The lowest BCUT2D eigenvalue weighted by molar-refractivity contribution is 0.0601. The smallest absolute Gasteiger partial charge is 0.341 e. The highest BCUT2D eigenvalue weighted by Gasteiger charge is 2.41. The molecule has 0 radical (unpaired) electrons. The van der Waals surface area contributed by atoms with Crippen LogP contribution in [0.4, 0.5) is 11.5 Å². The predicted molar refractivity (Wildman–Crippen MR) is 138 cm³/mol. The van der Waals surface area contributed by atoms with Crippen LogP contribution < -0.4 is 10.1 Å². The molecule has 1 N–H and O–H groups in total. The number of hydrogen-bond donors (Lipinski definition) is 1. The standard InChI is InChI=1S/C30H34N2O3/c1-20-15-21-17-22(16-20)19-30(2,18-21)23-6-10-25(11-7-23)35-26-12-8-24(9-13-26)32-28-27(29(33)34-3)5-4-14-31-28/h4-14,20-22H,15-19H2,1-3H3,(H,31,32). The lowest BCUT2D eigenvalue weighted by Gasteiger charge is -2.47. The molecule has 2 fully saturated rings. The number of aromatic nitrogens is 1. The highest BCUT2D eigenvalue weighted by molar-refractivity contribution is 5.95. The van der Waals surface area contributed by atoms with Crippen molar-refractivity contribution in [1.29, 1.82) is 0 Å². The van der Waals surface area contributed by atoms with Crippen LogP contribution in [0.15, 0.2) is 66.9 Å². The third-order valence-corrected chi connectivity index (χ3v) is 7.73. The summed E-state index contributed by atoms with van der Waals surface area (Å²) in [4.78, 5) is 16.2. The molecular weight excluding hydrogens is 436 g/mol. The van der Waals surface area contributed by atoms with Gasteiger partial charge in [0.15, 0.2) is 0 Å². The van der Waals surface area contributed by atoms with Crippen molar-refractivity contribution in [3.05, 3.63) is 78.0 Å². The largest absolute Gasteiger partial charge is 0.465 e. The number of pyridine rings is 1. The van der Waals surface area contributed by atoms with Crippen LogP contribution in [0.3, 0.4) is 0 Å². The zero-order chi connectivity index (χ0) is 24.4. The zero-order valence-electron chi connectivity index (χ0n) is 20.8. The van der Waals surface area contributed by atoms with Gasteiger partial charge in [0.2, 0.25) is 0 Å². The third-order valence-electron chi connectivity index (χ3n) is 7.73. The van der Waals surface area contributed by atoms with E-state index in [2.05, 4.69) is 48.4 Å². The molecule has 0 saturated heterocycles. The van der Waals surface area contributed by atoms with Crippen LogP contribution in [0.25, 0.3) is 0 Å². The second-order valence-electron chi connectivity index (χ2n) is 10.7. The Bertz CT molecular complexity index is 1150. The molecule has 2 aliphatic carbocycles. The zero-order valence-corrected chi connectivity index (χ0v) is 20.8. The average molecular weight is 471 g/mol. The molecule has 5 rings (SSSR count). The molecule has 3 aromatic rings. The Hall–Kier alpha value is -3.34. The van der Waals surface area contributed by atoms with Crippen LogP contribution in [-0.2, 0) is 10.2 Å². The number of nitrogens with one attached hydrogen (secondary N) is 1. The Balaban J connectivity index is 1.23. The van der Waals surface area contributed by atoms with Gasteiger partial charge < -0.3 is 14.8 Å². The summed E-state index contributed by atoms with van der Waals surface area (Å²) >= 11 is 0. The van der Waals surface area contributed by atoms with Crippen LogP contribution in [-0.4, -0.2) is 18.1 Å². The summed E-state index contributed by atoms with van der Waals surface area (Å²) in [5.41, 5.74) is 2.90. The van der Waals surface area contributed by atoms with Crippen LogP contribution in [0.2, 0.25) is 0 Å². The van der Waals surface area contributed by atoms with E-state index >= 15 is 0 Å². The fourth-order valence-electron chi connectivity index (χ4n) is 6.41. The number of fused-ring (bicyclic) bond motifs is 2. The highest BCUT2D eigenvalue weighted by Crippen LogP contribution is 2.51. The van der Waals surface area contributed by atoms with E-state index in [-0.39, 0.29) is 5.41 Å². The first kappa shape index (κ1) is 23.4. The Morgan fingerprint density at radius 1 is 0.943 bits per heavy atom. The SMILES string of the molecule is COC(=O)c1cccnc1Nc1ccc(Oc2ccc(C3(C)CC4CC(C)CC(C4)C3)cc2)cc1. The molecule has 5 heteroatoms. The van der Waals surface area contributed by atoms with Crippen molar-refractivity contribution in [2.75, 3.05) is 12.4 Å². The van der Waals surface area contributed by atoms with E-state index in [4.69, 9.17) is 9.47 Å². The number of nitrogens with zero attached hydrogens (tertiary/aromatic N) is 1. The van der Waals surface area contributed by atoms with Gasteiger partial charge in [0.05, 0.1) is 7.11 Å². The fourth-order valence-corrected chi connectivity index (χ4v) is 6.41. The number of anilines is 2. The molecule has 0 amide bonds. The molecule has 1 heterocycles. The maximum atomic E-state index is 12.0. The van der Waals surface area contributed by atoms with E-state index in [1.54, 1.807) is 18.3 Å². The van der Waals surface area contributed by atoms with Crippen molar-refractivity contribution in [3.8, 4) is 11.5 Å². The highest BCUT2D eigenvalue weighted by atomic mass is 16.5. The van der Waals surface area contributed by atoms with E-state index in [9.17, 15) is 4.79 Å². The molecule has 1 aromatic heterocycles. The number of carbonyl (C=O) groups is 1. The predicted octanol–water partition coefficient (Wildman–Crippen LogP) is 7.51. The second-order valence-corrected chi connectivity index (χ2v) is 10.7. The Labute approximate surface area is 207 Å². The van der Waals surface area contributed by atoms with E-state index in [0.29, 0.717) is 11.4 Å². The topological polar surface area (TPSA) is 60.5 Å². The number of rotatable bonds is 6. The molecule has 0 aliphatic heterocycles. The molecule has 2 aliphatic rings. The van der Waals surface area contributed by atoms with Crippen molar-refractivity contribution in [1.82, 2.24) is 4.98 Å². The van der Waals surface area contributed by atoms with Crippen molar-refractivity contribution >= 4 is 17.5 Å². The van der Waals surface area contributed by atoms with E-state index in [0.717, 1.165) is 34.9 Å². The van der Waals surface area contributed by atoms with E-state index in [1.807, 2.05) is 24.3 Å². The molecule has 182 valence electrons. The van der Waals surface area contributed by atoms with Crippen LogP contribution in [0, 0.1) is 17.8 Å². The maximum absolute atomic E-state index is 12.0. The monoisotopic (exact) mass is 470 g/mol. The lowest BCUT2D eigenvalue weighted by atomic mass is 9.58. The van der Waals surface area contributed by atoms with Crippen molar-refractivity contribution in [2.24, 2.45) is 17.8 Å². The Morgan fingerprint density at radius 2 is 1.57 bits per heavy atom. The number of benzene rings is 2. The number of ether oxygens (including phenoxy) is 2. The summed E-state index contributed by atoms with van der Waals surface area (Å²) in [6.07, 6.45) is 8.45. The summed E-state index contributed by atoms with van der Waals surface area (Å²) in [5, 5.41) is 3.18. The van der Waals surface area contributed by atoms with Gasteiger partial charge in [-0.15, -0.1) is 0 Å². The van der Waals surface area contributed by atoms with Crippen molar-refractivity contribution in [3.63, 3.8) is 0 Å². The quantitative estimate of drug-likeness (QED) is 0.378. The fraction of sp³-hybridized carbons (Fsp3) is 0.400. The van der Waals surface area contributed by atoms with E-state index in [1.165, 1.54) is 44.8 Å². The normalized spacial score (nSPS) is 25.5. The van der Waals surface area contributed by atoms with Gasteiger partial charge in [-0.25, -0.2) is 9.78 Å². The maximum Gasteiger partial charge on any atom is 0.341 e.